The first-order valence-corrected chi connectivity index (χ1v) is 22.7. The van der Waals surface area contributed by atoms with E-state index in [1.165, 1.54) is 0 Å². The average molecular weight is 823 g/mol. The third kappa shape index (κ3) is 15.7. The Hall–Kier alpha value is -3.05. The molecule has 15 heteroatoms. The first-order chi connectivity index (χ1) is 25.6. The zero-order valence-corrected chi connectivity index (χ0v) is 37.0. The van der Waals surface area contributed by atoms with Crippen LogP contribution in [0.1, 0.15) is 119 Å². The predicted octanol–water partition coefficient (Wildman–Crippen LogP) is 9.53. The van der Waals surface area contributed by atoms with E-state index < -0.39 is 79.8 Å². The summed E-state index contributed by atoms with van der Waals surface area (Å²) < 4.78 is 58.2. The molecule has 56 heavy (non-hydrogen) atoms. The molecule has 3 rings (SSSR count). The maximum atomic E-state index is 14.4. The third-order valence-electron chi connectivity index (χ3n) is 8.06. The van der Waals surface area contributed by atoms with Crippen molar-refractivity contribution in [3.63, 3.8) is 0 Å². The first-order valence-electron chi connectivity index (χ1n) is 19.2. The van der Waals surface area contributed by atoms with Crippen molar-refractivity contribution < 1.29 is 51.5 Å². The van der Waals surface area contributed by atoms with E-state index in [1.807, 2.05) is 48.5 Å². The summed E-state index contributed by atoms with van der Waals surface area (Å²) in [5.41, 5.74) is 0.641. The predicted molar refractivity (Wildman–Crippen MR) is 218 cm³/mol. The van der Waals surface area contributed by atoms with Crippen LogP contribution in [0.2, 0.25) is 0 Å². The number of aliphatic carboxylic acids is 1. The summed E-state index contributed by atoms with van der Waals surface area (Å²) in [6.07, 6.45) is -0.899. The van der Waals surface area contributed by atoms with Gasteiger partial charge in [-0.1, -0.05) is 48.5 Å². The van der Waals surface area contributed by atoms with Gasteiger partial charge >= 0.3 is 27.3 Å². The first kappa shape index (κ1) is 47.3. The summed E-state index contributed by atoms with van der Waals surface area (Å²) in [5, 5.41) is 15.2. The summed E-state index contributed by atoms with van der Waals surface area (Å²) in [7, 11) is -8.00. The summed E-state index contributed by atoms with van der Waals surface area (Å²) in [5.74, 6) is -3.14. The zero-order chi connectivity index (χ0) is 42.3. The molecule has 0 fully saturated rings. The second kappa shape index (κ2) is 18.7. The minimum absolute atomic E-state index is 0.0441. The summed E-state index contributed by atoms with van der Waals surface area (Å²) >= 11 is 0. The van der Waals surface area contributed by atoms with Crippen molar-refractivity contribution >= 4 is 33.2 Å². The molecule has 0 spiro atoms. The standard InChI is InChI=1S/C41H64N2O11P2/c1-38(2,3)51-55(48,52-39(4,5)6)26-28(27-56(49,53-40(7,8)9)54-41(10,11)12)35(44)42-24-18-17-23-34(36(45)46)43-37(47)50-25-33-31-21-15-13-19-29(31)30-20-14-16-22-32(30)33/h13-16,19-22,28,33-34H,17-18,23-27H2,1-12H3,(H,42,44)(H,43,47)(H,45,46)/t34-/m0/s1. The number of benzene rings is 2. The number of amides is 2. The van der Waals surface area contributed by atoms with Crippen LogP contribution in [0.5, 0.6) is 0 Å². The molecule has 0 aromatic heterocycles. The van der Waals surface area contributed by atoms with Gasteiger partial charge in [-0.15, -0.1) is 0 Å². The zero-order valence-electron chi connectivity index (χ0n) is 35.2. The van der Waals surface area contributed by atoms with Crippen molar-refractivity contribution in [2.24, 2.45) is 5.92 Å². The maximum Gasteiger partial charge on any atom is 0.407 e. The number of hydrogen-bond donors (Lipinski definition) is 3. The Bertz CT molecular complexity index is 1630. The van der Waals surface area contributed by atoms with E-state index in [2.05, 4.69) is 10.6 Å². The van der Waals surface area contributed by atoms with Gasteiger partial charge < -0.3 is 38.6 Å². The summed E-state index contributed by atoms with van der Waals surface area (Å²) in [6.45, 7) is 20.9. The van der Waals surface area contributed by atoms with E-state index in [-0.39, 0.29) is 25.5 Å². The van der Waals surface area contributed by atoms with Crippen LogP contribution >= 0.6 is 15.2 Å². The molecule has 0 bridgehead atoms. The fourth-order valence-corrected chi connectivity index (χ4v) is 12.1. The normalized spacial score (nSPS) is 14.6. The summed E-state index contributed by atoms with van der Waals surface area (Å²) in [6, 6.07) is 14.6. The van der Waals surface area contributed by atoms with E-state index >= 15 is 0 Å². The molecule has 2 amide bonds. The molecule has 1 aliphatic carbocycles. The molecule has 0 aliphatic heterocycles. The molecule has 1 atom stereocenters. The highest BCUT2D eigenvalue weighted by Gasteiger charge is 2.45. The molecule has 0 heterocycles. The van der Waals surface area contributed by atoms with Crippen molar-refractivity contribution in [3.8, 4) is 11.1 Å². The number of nitrogens with one attached hydrogen (secondary N) is 2. The minimum atomic E-state index is -4.00. The van der Waals surface area contributed by atoms with Crippen LogP contribution in [0, 0.1) is 5.92 Å². The lowest BCUT2D eigenvalue weighted by Gasteiger charge is -2.36. The second-order valence-corrected chi connectivity index (χ2v) is 22.2. The number of hydrogen-bond acceptors (Lipinski definition) is 10. The van der Waals surface area contributed by atoms with Gasteiger partial charge in [-0.3, -0.25) is 13.9 Å². The quantitative estimate of drug-likeness (QED) is 0.0964. The lowest BCUT2D eigenvalue weighted by atomic mass is 9.98. The Kier molecular flexibility index (Phi) is 15.8. The summed E-state index contributed by atoms with van der Waals surface area (Å²) in [4.78, 5) is 38.8. The van der Waals surface area contributed by atoms with E-state index in [1.54, 1.807) is 83.1 Å². The number of unbranched alkanes of at least 4 members (excludes halogenated alkanes) is 1. The fourth-order valence-electron chi connectivity index (χ4n) is 6.49. The van der Waals surface area contributed by atoms with E-state index in [9.17, 15) is 28.6 Å². The second-order valence-electron chi connectivity index (χ2n) is 18.2. The third-order valence-corrected chi connectivity index (χ3v) is 13.1. The number of ether oxygens (including phenoxy) is 1. The van der Waals surface area contributed by atoms with Gasteiger partial charge in [0, 0.05) is 12.5 Å². The Morgan fingerprint density at radius 2 is 1.09 bits per heavy atom. The van der Waals surface area contributed by atoms with Gasteiger partial charge in [-0.2, -0.15) is 0 Å². The van der Waals surface area contributed by atoms with Crippen LogP contribution in [-0.2, 0) is 41.6 Å². The molecule has 13 nitrogen and oxygen atoms in total. The van der Waals surface area contributed by atoms with Crippen LogP contribution < -0.4 is 10.6 Å². The topological polar surface area (TPSA) is 176 Å². The Labute approximate surface area is 333 Å². The lowest BCUT2D eigenvalue weighted by molar-refractivity contribution is -0.139. The number of carboxylic acid groups (broad SMARTS) is 1. The molecular formula is C41H64N2O11P2. The van der Waals surface area contributed by atoms with E-state index in [0.717, 1.165) is 22.3 Å². The number of carboxylic acids is 1. The number of rotatable bonds is 18. The number of fused-ring (bicyclic) bond motifs is 3. The molecule has 2 aromatic carbocycles. The van der Waals surface area contributed by atoms with Crippen molar-refractivity contribution in [2.75, 3.05) is 25.5 Å². The number of alkyl carbamates (subject to hydrolysis) is 1. The van der Waals surface area contributed by atoms with Crippen LogP contribution in [0.15, 0.2) is 48.5 Å². The van der Waals surface area contributed by atoms with E-state index in [4.69, 9.17) is 22.8 Å². The minimum Gasteiger partial charge on any atom is -0.480 e. The van der Waals surface area contributed by atoms with Gasteiger partial charge in [0.2, 0.25) is 5.91 Å². The van der Waals surface area contributed by atoms with Crippen LogP contribution in [0.4, 0.5) is 4.79 Å². The van der Waals surface area contributed by atoms with Crippen LogP contribution in [0.3, 0.4) is 0 Å². The van der Waals surface area contributed by atoms with Crippen molar-refractivity contribution in [1.29, 1.82) is 0 Å². The van der Waals surface area contributed by atoms with E-state index in [0.29, 0.717) is 12.8 Å². The van der Waals surface area contributed by atoms with Crippen LogP contribution in [-0.4, -0.2) is 77.0 Å². The highest BCUT2D eigenvalue weighted by atomic mass is 31.2. The monoisotopic (exact) mass is 822 g/mol. The Morgan fingerprint density at radius 1 is 0.679 bits per heavy atom. The average Bonchev–Trinajstić information content (AvgIpc) is 3.32. The highest BCUT2D eigenvalue weighted by molar-refractivity contribution is 7.55. The van der Waals surface area contributed by atoms with Gasteiger partial charge in [0.25, 0.3) is 0 Å². The molecular weight excluding hydrogens is 758 g/mol. The van der Waals surface area contributed by atoms with Crippen molar-refractivity contribution in [3.05, 3.63) is 59.7 Å². The molecule has 0 unspecified atom stereocenters. The molecule has 0 saturated heterocycles. The fraction of sp³-hybridized carbons (Fsp3) is 0.634. The van der Waals surface area contributed by atoms with Gasteiger partial charge in [-0.25, -0.2) is 9.59 Å². The Balaban J connectivity index is 1.67. The molecule has 2 aromatic rings. The Morgan fingerprint density at radius 3 is 1.48 bits per heavy atom. The van der Waals surface area contributed by atoms with Gasteiger partial charge in [-0.05, 0) is 125 Å². The molecule has 1 aliphatic rings. The maximum absolute atomic E-state index is 14.4. The highest BCUT2D eigenvalue weighted by Crippen LogP contribution is 2.60. The van der Waals surface area contributed by atoms with Gasteiger partial charge in [0.15, 0.2) is 0 Å². The van der Waals surface area contributed by atoms with Crippen molar-refractivity contribution in [1.82, 2.24) is 10.6 Å². The molecule has 3 N–H and O–H groups in total. The van der Waals surface area contributed by atoms with Gasteiger partial charge in [0.05, 0.1) is 40.6 Å². The molecule has 0 saturated carbocycles. The molecule has 0 radical (unpaired) electrons. The van der Waals surface area contributed by atoms with Gasteiger partial charge in [0.1, 0.15) is 12.6 Å². The largest absolute Gasteiger partial charge is 0.480 e. The van der Waals surface area contributed by atoms with Crippen molar-refractivity contribution in [2.45, 2.75) is 137 Å². The van der Waals surface area contributed by atoms with Crippen LogP contribution in [0.25, 0.3) is 11.1 Å². The SMILES string of the molecule is CC(C)(C)OP(=O)(CC(CP(=O)(OC(C)(C)C)OC(C)(C)C)C(=O)NCCCC[C@H](NC(=O)OCC1c2ccccc2-c2ccccc21)C(=O)O)OC(C)(C)C. The lowest BCUT2D eigenvalue weighted by Crippen LogP contribution is -2.41. The smallest absolute Gasteiger partial charge is 0.407 e. The number of carbonyl (C=O) groups is 3. The number of carbonyl (C=O) groups excluding carboxylic acids is 2. The molecule has 314 valence electrons.